The van der Waals surface area contributed by atoms with E-state index in [2.05, 4.69) is 38.0 Å². The van der Waals surface area contributed by atoms with Gasteiger partial charge in [-0.1, -0.05) is 13.8 Å². The van der Waals surface area contributed by atoms with E-state index in [4.69, 9.17) is 4.74 Å². The lowest BCUT2D eigenvalue weighted by atomic mass is 10.1. The largest absolute Gasteiger partial charge is 0.377 e. The number of likely N-dealkylation sites (N-methyl/N-ethyl adjacent to an activating group) is 1. The van der Waals surface area contributed by atoms with Crippen molar-refractivity contribution in [2.45, 2.75) is 58.2 Å². The summed E-state index contributed by atoms with van der Waals surface area (Å²) in [6.45, 7) is 9.83. The molecule has 0 spiro atoms. The van der Waals surface area contributed by atoms with Crippen LogP contribution in [0.3, 0.4) is 0 Å². The van der Waals surface area contributed by atoms with Crippen molar-refractivity contribution in [3.63, 3.8) is 0 Å². The Kier molecular flexibility index (Phi) is 6.32. The van der Waals surface area contributed by atoms with Gasteiger partial charge in [0.05, 0.1) is 6.10 Å². The van der Waals surface area contributed by atoms with Crippen LogP contribution in [0.25, 0.3) is 0 Å². The van der Waals surface area contributed by atoms with Gasteiger partial charge >= 0.3 is 0 Å². The van der Waals surface area contributed by atoms with E-state index in [0.717, 1.165) is 19.7 Å². The Morgan fingerprint density at radius 3 is 2.69 bits per heavy atom. The molecule has 1 fully saturated rings. The SMILES string of the molecule is CCCNCC(CC)N(C)C1CCOC1C. The van der Waals surface area contributed by atoms with Crippen molar-refractivity contribution < 1.29 is 4.74 Å². The molecule has 1 heterocycles. The molecular weight excluding hydrogens is 200 g/mol. The lowest BCUT2D eigenvalue weighted by Gasteiger charge is -2.34. The fourth-order valence-corrected chi connectivity index (χ4v) is 2.55. The van der Waals surface area contributed by atoms with Gasteiger partial charge in [-0.2, -0.15) is 0 Å². The van der Waals surface area contributed by atoms with Crippen LogP contribution in [-0.4, -0.2) is 49.8 Å². The minimum Gasteiger partial charge on any atom is -0.377 e. The second-order valence-electron chi connectivity index (χ2n) is 4.86. The summed E-state index contributed by atoms with van der Waals surface area (Å²) in [6.07, 6.45) is 3.99. The number of hydrogen-bond acceptors (Lipinski definition) is 3. The highest BCUT2D eigenvalue weighted by Crippen LogP contribution is 2.20. The van der Waals surface area contributed by atoms with E-state index in [1.54, 1.807) is 0 Å². The maximum atomic E-state index is 5.64. The van der Waals surface area contributed by atoms with Crippen LogP contribution in [0.5, 0.6) is 0 Å². The lowest BCUT2D eigenvalue weighted by molar-refractivity contribution is 0.0663. The van der Waals surface area contributed by atoms with E-state index in [1.807, 2.05) is 0 Å². The molecule has 96 valence electrons. The van der Waals surface area contributed by atoms with Crippen LogP contribution in [0.2, 0.25) is 0 Å². The normalized spacial score (nSPS) is 27.6. The summed E-state index contributed by atoms with van der Waals surface area (Å²) < 4.78 is 5.64. The van der Waals surface area contributed by atoms with Gasteiger partial charge in [0.1, 0.15) is 0 Å². The van der Waals surface area contributed by atoms with Gasteiger partial charge in [0.25, 0.3) is 0 Å². The number of ether oxygens (including phenoxy) is 1. The number of rotatable bonds is 7. The molecule has 0 aromatic heterocycles. The molecule has 16 heavy (non-hydrogen) atoms. The Balaban J connectivity index is 2.38. The summed E-state index contributed by atoms with van der Waals surface area (Å²) in [5, 5.41) is 3.52. The van der Waals surface area contributed by atoms with Crippen LogP contribution in [0.4, 0.5) is 0 Å². The molecule has 1 N–H and O–H groups in total. The second-order valence-corrected chi connectivity index (χ2v) is 4.86. The van der Waals surface area contributed by atoms with Gasteiger partial charge in [-0.15, -0.1) is 0 Å². The Bertz CT molecular complexity index is 187. The molecule has 1 aliphatic heterocycles. The first-order valence-corrected chi connectivity index (χ1v) is 6.74. The van der Waals surface area contributed by atoms with Crippen molar-refractivity contribution in [3.8, 4) is 0 Å². The molecule has 1 saturated heterocycles. The van der Waals surface area contributed by atoms with Gasteiger partial charge in [0.15, 0.2) is 0 Å². The molecule has 0 aromatic carbocycles. The zero-order valence-electron chi connectivity index (χ0n) is 11.3. The Hall–Kier alpha value is -0.120. The summed E-state index contributed by atoms with van der Waals surface area (Å²) in [5.74, 6) is 0. The fourth-order valence-electron chi connectivity index (χ4n) is 2.55. The summed E-state index contributed by atoms with van der Waals surface area (Å²) in [4.78, 5) is 2.51. The lowest BCUT2D eigenvalue weighted by Crippen LogP contribution is -2.47. The highest BCUT2D eigenvalue weighted by atomic mass is 16.5. The third-order valence-corrected chi connectivity index (χ3v) is 3.71. The first-order chi connectivity index (χ1) is 7.70. The van der Waals surface area contributed by atoms with Gasteiger partial charge in [0.2, 0.25) is 0 Å². The molecule has 3 nitrogen and oxygen atoms in total. The van der Waals surface area contributed by atoms with E-state index in [1.165, 1.54) is 19.3 Å². The Morgan fingerprint density at radius 1 is 1.44 bits per heavy atom. The van der Waals surface area contributed by atoms with E-state index in [0.29, 0.717) is 18.2 Å². The van der Waals surface area contributed by atoms with Crippen molar-refractivity contribution in [2.75, 3.05) is 26.7 Å². The van der Waals surface area contributed by atoms with E-state index < -0.39 is 0 Å². The number of nitrogens with one attached hydrogen (secondary N) is 1. The van der Waals surface area contributed by atoms with Crippen molar-refractivity contribution >= 4 is 0 Å². The molecule has 3 atom stereocenters. The van der Waals surface area contributed by atoms with Crippen LogP contribution in [-0.2, 0) is 4.74 Å². The van der Waals surface area contributed by atoms with Crippen molar-refractivity contribution in [1.82, 2.24) is 10.2 Å². The first-order valence-electron chi connectivity index (χ1n) is 6.74. The van der Waals surface area contributed by atoms with Crippen LogP contribution < -0.4 is 5.32 Å². The highest BCUT2D eigenvalue weighted by Gasteiger charge is 2.30. The molecule has 0 amide bonds. The predicted octanol–water partition coefficient (Wildman–Crippen LogP) is 1.87. The highest BCUT2D eigenvalue weighted by molar-refractivity contribution is 4.84. The third-order valence-electron chi connectivity index (χ3n) is 3.71. The summed E-state index contributed by atoms with van der Waals surface area (Å²) in [6, 6.07) is 1.24. The molecule has 3 unspecified atom stereocenters. The van der Waals surface area contributed by atoms with E-state index in [9.17, 15) is 0 Å². The summed E-state index contributed by atoms with van der Waals surface area (Å²) in [7, 11) is 2.25. The molecule has 0 aromatic rings. The standard InChI is InChI=1S/C13H28N2O/c1-5-8-14-10-12(6-2)15(4)13-7-9-16-11(13)3/h11-14H,5-10H2,1-4H3. The van der Waals surface area contributed by atoms with Crippen LogP contribution >= 0.6 is 0 Å². The van der Waals surface area contributed by atoms with Crippen molar-refractivity contribution in [2.24, 2.45) is 0 Å². The molecule has 1 rings (SSSR count). The zero-order valence-corrected chi connectivity index (χ0v) is 11.3. The fraction of sp³-hybridized carbons (Fsp3) is 1.00. The molecule has 0 radical (unpaired) electrons. The number of nitrogens with zero attached hydrogens (tertiary/aromatic N) is 1. The van der Waals surface area contributed by atoms with Gasteiger partial charge in [-0.3, -0.25) is 4.90 Å². The van der Waals surface area contributed by atoms with Gasteiger partial charge in [-0.05, 0) is 39.8 Å². The number of hydrogen-bond donors (Lipinski definition) is 1. The topological polar surface area (TPSA) is 24.5 Å². The molecule has 3 heteroatoms. The van der Waals surface area contributed by atoms with Gasteiger partial charge in [0, 0.05) is 25.2 Å². The van der Waals surface area contributed by atoms with E-state index >= 15 is 0 Å². The van der Waals surface area contributed by atoms with Crippen LogP contribution in [0, 0.1) is 0 Å². The monoisotopic (exact) mass is 228 g/mol. The smallest absolute Gasteiger partial charge is 0.0703 e. The second kappa shape index (κ2) is 7.25. The molecule has 0 saturated carbocycles. The first kappa shape index (κ1) is 13.9. The van der Waals surface area contributed by atoms with Crippen molar-refractivity contribution in [1.29, 1.82) is 0 Å². The molecule has 1 aliphatic rings. The minimum absolute atomic E-state index is 0.394. The minimum atomic E-state index is 0.394. The maximum absolute atomic E-state index is 5.64. The predicted molar refractivity (Wildman–Crippen MR) is 68.8 cm³/mol. The van der Waals surface area contributed by atoms with Crippen molar-refractivity contribution in [3.05, 3.63) is 0 Å². The van der Waals surface area contributed by atoms with Gasteiger partial charge < -0.3 is 10.1 Å². The van der Waals surface area contributed by atoms with Crippen LogP contribution in [0.1, 0.15) is 40.0 Å². The summed E-state index contributed by atoms with van der Waals surface area (Å²) in [5.41, 5.74) is 0. The Labute approximate surface area is 101 Å². The maximum Gasteiger partial charge on any atom is 0.0703 e. The molecular formula is C13H28N2O. The Morgan fingerprint density at radius 2 is 2.19 bits per heavy atom. The average Bonchev–Trinajstić information content (AvgIpc) is 2.70. The van der Waals surface area contributed by atoms with Gasteiger partial charge in [-0.25, -0.2) is 0 Å². The quantitative estimate of drug-likeness (QED) is 0.673. The summed E-state index contributed by atoms with van der Waals surface area (Å²) >= 11 is 0. The third kappa shape index (κ3) is 3.72. The molecule has 0 aliphatic carbocycles. The van der Waals surface area contributed by atoms with E-state index in [-0.39, 0.29) is 0 Å². The zero-order chi connectivity index (χ0) is 12.0. The molecule has 0 bridgehead atoms. The van der Waals surface area contributed by atoms with Crippen LogP contribution in [0.15, 0.2) is 0 Å². The average molecular weight is 228 g/mol.